The predicted molar refractivity (Wildman–Crippen MR) is 83.7 cm³/mol. The van der Waals surface area contributed by atoms with E-state index >= 15 is 0 Å². The first-order valence-electron chi connectivity index (χ1n) is 8.28. The molecule has 1 saturated carbocycles. The standard InChI is InChI=1S/C16H22N6/c1-3-13-20-16-12(5-4-8-22(16)21-13)18-14-9-10(2)17-15(19-14)11-6-7-11/h9,11-12H,3-8H2,1-2H3,(H,17,18,19). The molecule has 1 atom stereocenters. The average molecular weight is 298 g/mol. The number of hydrogen-bond acceptors (Lipinski definition) is 5. The summed E-state index contributed by atoms with van der Waals surface area (Å²) in [5.74, 6) is 4.47. The first-order chi connectivity index (χ1) is 10.7. The number of aryl methyl sites for hydroxylation is 3. The van der Waals surface area contributed by atoms with Crippen molar-refractivity contribution in [2.24, 2.45) is 0 Å². The van der Waals surface area contributed by atoms with Gasteiger partial charge in [0.05, 0.1) is 6.04 Å². The number of rotatable bonds is 4. The van der Waals surface area contributed by atoms with Gasteiger partial charge in [-0.2, -0.15) is 5.10 Å². The fourth-order valence-electron chi connectivity index (χ4n) is 3.05. The first kappa shape index (κ1) is 13.7. The van der Waals surface area contributed by atoms with E-state index in [1.165, 1.54) is 12.8 Å². The van der Waals surface area contributed by atoms with Crippen molar-refractivity contribution >= 4 is 5.82 Å². The number of aromatic nitrogens is 5. The van der Waals surface area contributed by atoms with Crippen LogP contribution in [0.25, 0.3) is 0 Å². The molecular formula is C16H22N6. The van der Waals surface area contributed by atoms with Crippen LogP contribution < -0.4 is 5.32 Å². The van der Waals surface area contributed by atoms with E-state index in [1.807, 2.05) is 13.0 Å². The van der Waals surface area contributed by atoms with Crippen LogP contribution >= 0.6 is 0 Å². The van der Waals surface area contributed by atoms with Gasteiger partial charge < -0.3 is 5.32 Å². The lowest BCUT2D eigenvalue weighted by Gasteiger charge is -2.23. The van der Waals surface area contributed by atoms with E-state index in [2.05, 4.69) is 32.0 Å². The van der Waals surface area contributed by atoms with Crippen molar-refractivity contribution < 1.29 is 0 Å². The molecule has 1 unspecified atom stereocenters. The number of anilines is 1. The second-order valence-corrected chi connectivity index (χ2v) is 6.33. The summed E-state index contributed by atoms with van der Waals surface area (Å²) in [6, 6.07) is 2.23. The van der Waals surface area contributed by atoms with Gasteiger partial charge in [-0.25, -0.2) is 19.6 Å². The SMILES string of the molecule is CCc1nc2n(n1)CCCC2Nc1cc(C)nc(C2CC2)n1. The third-order valence-electron chi connectivity index (χ3n) is 4.37. The Labute approximate surface area is 130 Å². The van der Waals surface area contributed by atoms with Crippen LogP contribution in [0, 0.1) is 6.92 Å². The minimum atomic E-state index is 0.197. The molecule has 0 spiro atoms. The molecule has 6 heteroatoms. The van der Waals surface area contributed by atoms with E-state index in [1.54, 1.807) is 0 Å². The number of fused-ring (bicyclic) bond motifs is 1. The molecular weight excluding hydrogens is 276 g/mol. The van der Waals surface area contributed by atoms with Gasteiger partial charge in [0, 0.05) is 30.6 Å². The highest BCUT2D eigenvalue weighted by Crippen LogP contribution is 2.38. The lowest BCUT2D eigenvalue weighted by Crippen LogP contribution is -2.23. The zero-order valence-corrected chi connectivity index (χ0v) is 13.2. The Morgan fingerprint density at radius 3 is 2.86 bits per heavy atom. The Bertz CT molecular complexity index is 688. The summed E-state index contributed by atoms with van der Waals surface area (Å²) in [7, 11) is 0. The number of nitrogens with zero attached hydrogens (tertiary/aromatic N) is 5. The molecule has 1 fully saturated rings. The zero-order valence-electron chi connectivity index (χ0n) is 13.2. The molecule has 2 aromatic heterocycles. The average Bonchev–Trinajstić information content (AvgIpc) is 3.26. The van der Waals surface area contributed by atoms with Crippen LogP contribution in [-0.4, -0.2) is 24.7 Å². The molecule has 22 heavy (non-hydrogen) atoms. The third-order valence-corrected chi connectivity index (χ3v) is 4.37. The maximum Gasteiger partial charge on any atom is 0.150 e. The Balaban J connectivity index is 1.60. The molecule has 0 aromatic carbocycles. The van der Waals surface area contributed by atoms with Gasteiger partial charge in [0.1, 0.15) is 17.5 Å². The van der Waals surface area contributed by atoms with Crippen LogP contribution in [0.1, 0.15) is 67.7 Å². The molecule has 1 aliphatic heterocycles. The number of hydrogen-bond donors (Lipinski definition) is 1. The van der Waals surface area contributed by atoms with Crippen LogP contribution in [0.4, 0.5) is 5.82 Å². The van der Waals surface area contributed by atoms with Crippen molar-refractivity contribution in [1.29, 1.82) is 0 Å². The lowest BCUT2D eigenvalue weighted by molar-refractivity contribution is 0.436. The second-order valence-electron chi connectivity index (χ2n) is 6.33. The van der Waals surface area contributed by atoms with Gasteiger partial charge in [-0.3, -0.25) is 0 Å². The summed E-state index contributed by atoms with van der Waals surface area (Å²) in [5, 5.41) is 8.13. The highest BCUT2D eigenvalue weighted by molar-refractivity contribution is 5.39. The van der Waals surface area contributed by atoms with Crippen LogP contribution in [0.2, 0.25) is 0 Å². The molecule has 3 heterocycles. The first-order valence-corrected chi connectivity index (χ1v) is 8.28. The van der Waals surface area contributed by atoms with Crippen molar-refractivity contribution in [3.63, 3.8) is 0 Å². The molecule has 0 saturated heterocycles. The third kappa shape index (κ3) is 2.58. The van der Waals surface area contributed by atoms with Crippen LogP contribution in [0.5, 0.6) is 0 Å². The van der Waals surface area contributed by atoms with Gasteiger partial charge in [0.25, 0.3) is 0 Å². The summed E-state index contributed by atoms with van der Waals surface area (Å²) >= 11 is 0. The Morgan fingerprint density at radius 1 is 1.23 bits per heavy atom. The second kappa shape index (κ2) is 5.34. The fraction of sp³-hybridized carbons (Fsp3) is 0.625. The minimum absolute atomic E-state index is 0.197. The molecule has 1 aliphatic carbocycles. The molecule has 0 radical (unpaired) electrons. The van der Waals surface area contributed by atoms with Crippen molar-refractivity contribution in [2.75, 3.05) is 5.32 Å². The van der Waals surface area contributed by atoms with Crippen LogP contribution in [0.15, 0.2) is 6.07 Å². The molecule has 116 valence electrons. The lowest BCUT2D eigenvalue weighted by atomic mass is 10.1. The van der Waals surface area contributed by atoms with E-state index in [0.29, 0.717) is 5.92 Å². The topological polar surface area (TPSA) is 68.5 Å². The van der Waals surface area contributed by atoms with Gasteiger partial charge in [-0.05, 0) is 32.6 Å². The maximum absolute atomic E-state index is 4.71. The van der Waals surface area contributed by atoms with E-state index < -0.39 is 0 Å². The Morgan fingerprint density at radius 2 is 2.09 bits per heavy atom. The zero-order chi connectivity index (χ0) is 15.1. The Kier molecular flexibility index (Phi) is 3.32. The molecule has 2 aromatic rings. The van der Waals surface area contributed by atoms with Gasteiger partial charge in [0.15, 0.2) is 5.82 Å². The summed E-state index contributed by atoms with van der Waals surface area (Å²) < 4.78 is 2.05. The molecule has 2 aliphatic rings. The molecule has 1 N–H and O–H groups in total. The molecule has 4 rings (SSSR count). The van der Waals surface area contributed by atoms with E-state index in [0.717, 1.165) is 54.8 Å². The van der Waals surface area contributed by atoms with Crippen LogP contribution in [0.3, 0.4) is 0 Å². The largest absolute Gasteiger partial charge is 0.360 e. The van der Waals surface area contributed by atoms with Crippen molar-refractivity contribution in [3.8, 4) is 0 Å². The summed E-state index contributed by atoms with van der Waals surface area (Å²) in [4.78, 5) is 14.0. The predicted octanol–water partition coefficient (Wildman–Crippen LogP) is 2.76. The summed E-state index contributed by atoms with van der Waals surface area (Å²) in [6.07, 6.45) is 5.52. The van der Waals surface area contributed by atoms with Crippen LogP contribution in [-0.2, 0) is 13.0 Å². The van der Waals surface area contributed by atoms with E-state index in [4.69, 9.17) is 4.98 Å². The fourth-order valence-corrected chi connectivity index (χ4v) is 3.05. The van der Waals surface area contributed by atoms with Gasteiger partial charge >= 0.3 is 0 Å². The monoisotopic (exact) mass is 298 g/mol. The highest BCUT2D eigenvalue weighted by Gasteiger charge is 2.28. The highest BCUT2D eigenvalue weighted by atomic mass is 15.4. The summed E-state index contributed by atoms with van der Waals surface area (Å²) in [5.41, 5.74) is 1.03. The normalized spacial score (nSPS) is 20.7. The molecule has 0 bridgehead atoms. The van der Waals surface area contributed by atoms with E-state index in [9.17, 15) is 0 Å². The molecule has 0 amide bonds. The van der Waals surface area contributed by atoms with Crippen molar-refractivity contribution in [3.05, 3.63) is 29.2 Å². The smallest absolute Gasteiger partial charge is 0.150 e. The van der Waals surface area contributed by atoms with E-state index in [-0.39, 0.29) is 6.04 Å². The minimum Gasteiger partial charge on any atom is -0.360 e. The quantitative estimate of drug-likeness (QED) is 0.940. The Hall–Kier alpha value is -1.98. The number of nitrogens with one attached hydrogen (secondary N) is 1. The van der Waals surface area contributed by atoms with Crippen molar-refractivity contribution in [2.45, 2.75) is 64.5 Å². The van der Waals surface area contributed by atoms with Crippen molar-refractivity contribution in [1.82, 2.24) is 24.7 Å². The van der Waals surface area contributed by atoms with Gasteiger partial charge in [-0.1, -0.05) is 6.92 Å². The molecule has 6 nitrogen and oxygen atoms in total. The van der Waals surface area contributed by atoms with Gasteiger partial charge in [-0.15, -0.1) is 0 Å². The van der Waals surface area contributed by atoms with Gasteiger partial charge in [0.2, 0.25) is 0 Å². The summed E-state index contributed by atoms with van der Waals surface area (Å²) in [6.45, 7) is 5.10. The maximum atomic E-state index is 4.71.